The summed E-state index contributed by atoms with van der Waals surface area (Å²) < 4.78 is 56.2. The highest BCUT2D eigenvalue weighted by molar-refractivity contribution is 5.98. The molecule has 4 amide bonds. The second kappa shape index (κ2) is 19.1. The first-order chi connectivity index (χ1) is 27.7. The summed E-state index contributed by atoms with van der Waals surface area (Å²) in [7, 11) is 0. The summed E-state index contributed by atoms with van der Waals surface area (Å²) in [5, 5.41) is 17.5. The van der Waals surface area contributed by atoms with Crippen LogP contribution in [0.4, 0.5) is 23.2 Å². The normalized spacial score (nSPS) is 17.9. The molecule has 1 saturated carbocycles. The molecule has 13 nitrogen and oxygen atoms in total. The number of hydrogen-bond acceptors (Lipinski definition) is 8. The number of nitrogens with two attached hydrogens (primary N) is 2. The van der Waals surface area contributed by atoms with Crippen molar-refractivity contribution in [3.8, 4) is 22.5 Å². The van der Waals surface area contributed by atoms with Crippen molar-refractivity contribution < 1.29 is 36.7 Å². The van der Waals surface area contributed by atoms with Gasteiger partial charge in [-0.3, -0.25) is 24.3 Å². The zero-order valence-corrected chi connectivity index (χ0v) is 33.2. The van der Waals surface area contributed by atoms with E-state index in [2.05, 4.69) is 42.2 Å². The fourth-order valence-electron chi connectivity index (χ4n) is 7.35. The molecule has 0 spiro atoms. The quantitative estimate of drug-likeness (QED) is 0.0858. The third-order valence-corrected chi connectivity index (χ3v) is 10.9. The van der Waals surface area contributed by atoms with Gasteiger partial charge < -0.3 is 32.7 Å². The van der Waals surface area contributed by atoms with E-state index in [9.17, 15) is 36.7 Å². The number of piperidine rings is 1. The molecule has 18 heteroatoms. The molecule has 3 aromatic carbocycles. The molecule has 1 aliphatic heterocycles. The van der Waals surface area contributed by atoms with E-state index in [1.165, 1.54) is 24.3 Å². The van der Waals surface area contributed by atoms with Gasteiger partial charge in [0.05, 0.1) is 0 Å². The minimum absolute atomic E-state index is 0. The van der Waals surface area contributed by atoms with Crippen molar-refractivity contribution in [2.24, 2.45) is 23.3 Å². The molecule has 0 bridgehead atoms. The maximum Gasteiger partial charge on any atom is 0.393 e. The third-order valence-electron chi connectivity index (χ3n) is 10.9. The molecule has 9 N–H and O–H groups in total. The Morgan fingerprint density at radius 3 is 2.14 bits per heavy atom. The van der Waals surface area contributed by atoms with Crippen LogP contribution in [0, 0.1) is 18.8 Å². The van der Waals surface area contributed by atoms with Gasteiger partial charge in [-0.15, -0.1) is 12.4 Å². The highest BCUT2D eigenvalue weighted by Crippen LogP contribution is 2.41. The number of nitrogens with zero attached hydrogens (tertiary/aromatic N) is 2. The summed E-state index contributed by atoms with van der Waals surface area (Å²) in [6, 6.07) is 18.1. The predicted molar refractivity (Wildman–Crippen MR) is 216 cm³/mol. The van der Waals surface area contributed by atoms with Crippen LogP contribution in [0.15, 0.2) is 66.7 Å². The average Bonchev–Trinajstić information content (AvgIpc) is 3.73. The van der Waals surface area contributed by atoms with Crippen LogP contribution >= 0.6 is 12.4 Å². The monoisotopic (exact) mass is 841 g/mol. The van der Waals surface area contributed by atoms with Crippen LogP contribution in [0.5, 0.6) is 0 Å². The van der Waals surface area contributed by atoms with Crippen LogP contribution in [0.1, 0.15) is 65.8 Å². The fourth-order valence-corrected chi connectivity index (χ4v) is 7.35. The summed E-state index contributed by atoms with van der Waals surface area (Å²) in [5.41, 5.74) is 14.9. The van der Waals surface area contributed by atoms with E-state index in [4.69, 9.17) is 5.73 Å². The molecule has 4 aromatic rings. The molecule has 1 atom stereocenters. The van der Waals surface area contributed by atoms with E-state index in [0.717, 1.165) is 61.0 Å². The molecule has 0 radical (unpaired) electrons. The van der Waals surface area contributed by atoms with Crippen molar-refractivity contribution in [1.29, 1.82) is 0 Å². The minimum Gasteiger partial charge on any atom is -0.364 e. The lowest BCUT2D eigenvalue weighted by Gasteiger charge is -2.28. The molecule has 316 valence electrons. The molecule has 0 unspecified atom stereocenters. The number of carbonyl (C=O) groups excluding carboxylic acids is 4. The third kappa shape index (κ3) is 10.4. The number of benzene rings is 3. The number of aromatic amines is 1. The van der Waals surface area contributed by atoms with E-state index in [-0.39, 0.29) is 54.0 Å². The van der Waals surface area contributed by atoms with Gasteiger partial charge in [-0.1, -0.05) is 30.3 Å². The first kappa shape index (κ1) is 44.7. The summed E-state index contributed by atoms with van der Waals surface area (Å²) >= 11 is 0. The number of nitrogens with one attached hydrogen (secondary N) is 5. The summed E-state index contributed by atoms with van der Waals surface area (Å²) in [6.45, 7) is 4.26. The number of primary amides is 1. The van der Waals surface area contributed by atoms with E-state index < -0.39 is 35.5 Å². The molecule has 6 rings (SSSR count). The Bertz CT molecular complexity index is 2100. The Labute approximate surface area is 344 Å². The number of H-pyrrole nitrogens is 1. The van der Waals surface area contributed by atoms with Gasteiger partial charge >= 0.3 is 11.8 Å². The minimum atomic E-state index is -5.23. The van der Waals surface area contributed by atoms with Crippen molar-refractivity contribution in [2.75, 3.05) is 25.0 Å². The Kier molecular flexibility index (Phi) is 14.5. The number of hydrogen-bond donors (Lipinski definition) is 7. The van der Waals surface area contributed by atoms with Crippen molar-refractivity contribution >= 4 is 41.7 Å². The topological polar surface area (TPSA) is 210 Å². The van der Waals surface area contributed by atoms with Crippen LogP contribution in [0.25, 0.3) is 22.5 Å². The fraction of sp³-hybridized carbons (Fsp3) is 0.415. The van der Waals surface area contributed by atoms with Gasteiger partial charge in [-0.25, -0.2) is 4.98 Å². The predicted octanol–water partition coefficient (Wildman–Crippen LogP) is 4.99. The summed E-state index contributed by atoms with van der Waals surface area (Å²) in [4.78, 5) is 54.6. The van der Waals surface area contributed by atoms with Crippen LogP contribution < -0.4 is 32.7 Å². The van der Waals surface area contributed by atoms with Crippen molar-refractivity contribution in [2.45, 2.75) is 75.8 Å². The smallest absolute Gasteiger partial charge is 0.364 e. The second-order valence-electron chi connectivity index (χ2n) is 15.0. The standard InChI is InChI=1S/C41H47F4N9O4.ClH/c1-23-20-29(36(56)49-31-16-18-48-19-17-31)12-15-32(23)26-6-2-24(3-7-26)21-33(51-35(55)28-8-4-25(22-46)5-9-28)37(57)50-30-13-10-27(11-14-30)34-52-39(54-53-34)41(44,45)40(42,43)38(47)58;/h2-3,6-7,10-15,20,25,28,31,33,48H,4-5,8-9,16-19,21-22,46H2,1H3,(H2,47,58)(H,49,56)(H,50,57)(H,51,55)(H,52,53,54);1H/t25?,28?,33-;/m0./s1. The summed E-state index contributed by atoms with van der Waals surface area (Å²) in [6.07, 6.45) is 4.90. The van der Waals surface area contributed by atoms with Gasteiger partial charge in [0.1, 0.15) is 6.04 Å². The maximum absolute atomic E-state index is 14.3. The molecule has 59 heavy (non-hydrogen) atoms. The number of aromatic nitrogens is 3. The Morgan fingerprint density at radius 1 is 0.881 bits per heavy atom. The van der Waals surface area contributed by atoms with Gasteiger partial charge in [0, 0.05) is 35.2 Å². The van der Waals surface area contributed by atoms with Crippen molar-refractivity contribution in [3.63, 3.8) is 0 Å². The lowest BCUT2D eigenvalue weighted by atomic mass is 9.81. The Morgan fingerprint density at radius 2 is 1.53 bits per heavy atom. The second-order valence-corrected chi connectivity index (χ2v) is 15.0. The van der Waals surface area contributed by atoms with E-state index in [1.807, 2.05) is 49.4 Å². The van der Waals surface area contributed by atoms with Gasteiger partial charge in [-0.2, -0.15) is 22.7 Å². The van der Waals surface area contributed by atoms with E-state index in [0.29, 0.717) is 36.6 Å². The average molecular weight is 842 g/mol. The molecule has 2 heterocycles. The molecular formula is C41H48ClF4N9O4. The summed E-state index contributed by atoms with van der Waals surface area (Å²) in [5.74, 6) is -15.5. The van der Waals surface area contributed by atoms with Crippen molar-refractivity contribution in [3.05, 3.63) is 89.2 Å². The lowest BCUT2D eigenvalue weighted by Crippen LogP contribution is -2.49. The Balaban J connectivity index is 0.00000661. The first-order valence-corrected chi connectivity index (χ1v) is 19.3. The van der Waals surface area contributed by atoms with Crippen LogP contribution in [-0.2, 0) is 26.7 Å². The van der Waals surface area contributed by atoms with Crippen LogP contribution in [0.3, 0.4) is 0 Å². The van der Waals surface area contributed by atoms with Gasteiger partial charge in [0.2, 0.25) is 17.6 Å². The van der Waals surface area contributed by atoms with Gasteiger partial charge in [0.15, 0.2) is 5.82 Å². The molecule has 1 aliphatic carbocycles. The number of halogens is 5. The number of alkyl halides is 4. The van der Waals surface area contributed by atoms with Gasteiger partial charge in [0.25, 0.3) is 11.8 Å². The number of aryl methyl sites for hydroxylation is 1. The van der Waals surface area contributed by atoms with Crippen LogP contribution in [-0.4, -0.2) is 76.5 Å². The molecule has 1 aromatic heterocycles. The maximum atomic E-state index is 14.3. The van der Waals surface area contributed by atoms with Crippen molar-refractivity contribution in [1.82, 2.24) is 31.1 Å². The number of rotatable bonds is 14. The molecular weight excluding hydrogens is 794 g/mol. The highest BCUT2D eigenvalue weighted by Gasteiger charge is 2.64. The molecule has 2 aliphatic rings. The molecule has 1 saturated heterocycles. The van der Waals surface area contributed by atoms with Crippen LogP contribution in [0.2, 0.25) is 0 Å². The van der Waals surface area contributed by atoms with E-state index >= 15 is 0 Å². The number of carbonyl (C=O) groups is 4. The largest absolute Gasteiger partial charge is 0.393 e. The number of anilines is 1. The van der Waals surface area contributed by atoms with E-state index in [1.54, 1.807) is 0 Å². The highest BCUT2D eigenvalue weighted by atomic mass is 35.5. The molecule has 2 fully saturated rings. The number of amides is 4. The Hall–Kier alpha value is -5.39. The zero-order valence-electron chi connectivity index (χ0n) is 32.3. The first-order valence-electron chi connectivity index (χ1n) is 19.3. The lowest BCUT2D eigenvalue weighted by molar-refractivity contribution is -0.215. The van der Waals surface area contributed by atoms with Gasteiger partial charge in [-0.05, 0) is 130 Å². The zero-order chi connectivity index (χ0) is 41.6. The SMILES string of the molecule is Cc1cc(C(=O)NC2CCNCC2)ccc1-c1ccc(C[C@H](NC(=O)C2CCC(CN)CC2)C(=O)Nc2ccc(-c3nc(C(F)(F)C(F)(F)C(N)=O)n[nH]3)cc2)cc1.Cl.